The van der Waals surface area contributed by atoms with Crippen LogP contribution in [0.15, 0.2) is 71.8 Å². The topological polar surface area (TPSA) is 61.8 Å². The van der Waals surface area contributed by atoms with Gasteiger partial charge in [-0.25, -0.2) is 5.01 Å². The van der Waals surface area contributed by atoms with Gasteiger partial charge in [-0.3, -0.25) is 9.59 Å². The van der Waals surface area contributed by atoms with Crippen molar-refractivity contribution >= 4 is 69.6 Å². The number of nitrogens with one attached hydrogen (secondary N) is 1. The fourth-order valence-corrected chi connectivity index (χ4v) is 4.52. The van der Waals surface area contributed by atoms with Gasteiger partial charge in [-0.1, -0.05) is 76.7 Å². The highest BCUT2D eigenvalue weighted by atomic mass is 35.5. The van der Waals surface area contributed by atoms with E-state index >= 15 is 0 Å². The largest absolute Gasteiger partial charge is 0.325 e. The van der Waals surface area contributed by atoms with Crippen molar-refractivity contribution in [2.75, 3.05) is 5.32 Å². The van der Waals surface area contributed by atoms with Crippen LogP contribution in [-0.4, -0.2) is 22.5 Å². The van der Waals surface area contributed by atoms with Crippen LogP contribution in [0.2, 0.25) is 20.1 Å². The molecule has 1 heterocycles. The lowest BCUT2D eigenvalue weighted by Gasteiger charge is -2.27. The molecule has 1 aliphatic heterocycles. The third-order valence-corrected chi connectivity index (χ3v) is 6.56. The van der Waals surface area contributed by atoms with Gasteiger partial charge in [0, 0.05) is 10.7 Å². The Hall–Kier alpha value is -2.57. The van der Waals surface area contributed by atoms with E-state index in [1.165, 1.54) is 11.1 Å². The van der Waals surface area contributed by atoms with Crippen LogP contribution in [0.5, 0.6) is 0 Å². The molecule has 3 aromatic carbocycles. The predicted molar refractivity (Wildman–Crippen MR) is 134 cm³/mol. The molecule has 0 saturated carbocycles. The number of hydrazone groups is 1. The fraction of sp³-hybridized carbons (Fsp3) is 0.125. The molecule has 0 fully saturated rings. The highest BCUT2D eigenvalue weighted by Crippen LogP contribution is 2.38. The van der Waals surface area contributed by atoms with Crippen LogP contribution >= 0.6 is 46.4 Å². The summed E-state index contributed by atoms with van der Waals surface area (Å²) in [6.45, 7) is 1.71. The number of nitrogens with zero attached hydrogens (tertiary/aromatic N) is 2. The molecule has 2 atom stereocenters. The summed E-state index contributed by atoms with van der Waals surface area (Å²) in [5.74, 6) is -1.51. The number of rotatable bonds is 4. The van der Waals surface area contributed by atoms with E-state index in [0.29, 0.717) is 26.5 Å². The Morgan fingerprint density at radius 2 is 1.61 bits per heavy atom. The summed E-state index contributed by atoms with van der Waals surface area (Å²) in [7, 11) is 0. The van der Waals surface area contributed by atoms with Crippen molar-refractivity contribution in [2.45, 2.75) is 13.0 Å². The van der Waals surface area contributed by atoms with E-state index in [2.05, 4.69) is 10.4 Å². The van der Waals surface area contributed by atoms with Crippen LogP contribution < -0.4 is 5.32 Å². The molecule has 2 amide bonds. The molecule has 168 valence electrons. The lowest BCUT2D eigenvalue weighted by molar-refractivity contribution is -0.119. The first-order valence-electron chi connectivity index (χ1n) is 9.91. The van der Waals surface area contributed by atoms with Gasteiger partial charge in [0.25, 0.3) is 5.91 Å². The molecule has 4 rings (SSSR count). The van der Waals surface area contributed by atoms with Gasteiger partial charge in [-0.2, -0.15) is 5.10 Å². The molecule has 9 heteroatoms. The van der Waals surface area contributed by atoms with Crippen molar-refractivity contribution in [2.24, 2.45) is 11.0 Å². The van der Waals surface area contributed by atoms with E-state index < -0.39 is 17.9 Å². The minimum absolute atomic E-state index is 0.205. The summed E-state index contributed by atoms with van der Waals surface area (Å²) in [5, 5.41) is 9.94. The van der Waals surface area contributed by atoms with E-state index in [9.17, 15) is 9.59 Å². The number of halogens is 4. The summed E-state index contributed by atoms with van der Waals surface area (Å²) in [6, 6.07) is 18.0. The Labute approximate surface area is 210 Å². The van der Waals surface area contributed by atoms with Gasteiger partial charge in [-0.15, -0.1) is 0 Å². The zero-order valence-electron chi connectivity index (χ0n) is 17.2. The van der Waals surface area contributed by atoms with Gasteiger partial charge in [0.2, 0.25) is 5.91 Å². The molecule has 3 aromatic rings. The number of carbonyl (C=O) groups is 2. The molecular formula is C24H17Cl4N3O2. The van der Waals surface area contributed by atoms with Gasteiger partial charge in [0.15, 0.2) is 0 Å². The highest BCUT2D eigenvalue weighted by molar-refractivity contribution is 6.42. The summed E-state index contributed by atoms with van der Waals surface area (Å²) in [4.78, 5) is 26.8. The molecule has 0 bridgehead atoms. The molecule has 33 heavy (non-hydrogen) atoms. The first-order chi connectivity index (χ1) is 15.8. The number of amides is 2. The van der Waals surface area contributed by atoms with Crippen LogP contribution in [0.3, 0.4) is 0 Å². The molecule has 0 saturated heterocycles. The average Bonchev–Trinajstić information content (AvgIpc) is 3.13. The minimum Gasteiger partial charge on any atom is -0.325 e. The maximum absolute atomic E-state index is 13.4. The van der Waals surface area contributed by atoms with Crippen LogP contribution in [-0.2, 0) is 4.79 Å². The second-order valence-electron chi connectivity index (χ2n) is 7.47. The zero-order valence-corrected chi connectivity index (χ0v) is 20.3. The number of hydrogen-bond donors (Lipinski definition) is 1. The van der Waals surface area contributed by atoms with Crippen LogP contribution in [0.4, 0.5) is 5.69 Å². The van der Waals surface area contributed by atoms with Crippen molar-refractivity contribution < 1.29 is 9.59 Å². The van der Waals surface area contributed by atoms with E-state index in [-0.39, 0.29) is 16.5 Å². The van der Waals surface area contributed by atoms with Crippen LogP contribution in [0.25, 0.3) is 0 Å². The van der Waals surface area contributed by atoms with Gasteiger partial charge < -0.3 is 5.32 Å². The smallest absolute Gasteiger partial charge is 0.276 e. The first-order valence-corrected chi connectivity index (χ1v) is 11.4. The standard InChI is InChI=1S/C24H17Cl4N3O2/c1-13-21(23(32)29-16-8-10-18(26)20(28)12-16)22(14-5-3-2-4-6-14)31(30-13)24(33)17-9-7-15(25)11-19(17)27/h2-12,21-22H,1H3,(H,29,32). The van der Waals surface area contributed by atoms with E-state index in [1.807, 2.05) is 30.3 Å². The monoisotopic (exact) mass is 519 g/mol. The van der Waals surface area contributed by atoms with Gasteiger partial charge in [0.1, 0.15) is 5.92 Å². The molecular weight excluding hydrogens is 504 g/mol. The predicted octanol–water partition coefficient (Wildman–Crippen LogP) is 7.13. The minimum atomic E-state index is -0.739. The van der Waals surface area contributed by atoms with Crippen LogP contribution in [0.1, 0.15) is 28.9 Å². The normalized spacial score (nSPS) is 17.6. The van der Waals surface area contributed by atoms with E-state index in [1.54, 1.807) is 37.3 Å². The molecule has 0 aromatic heterocycles. The Kier molecular flexibility index (Phi) is 6.96. The molecule has 1 N–H and O–H groups in total. The lowest BCUT2D eigenvalue weighted by Crippen LogP contribution is -2.36. The summed E-state index contributed by atoms with van der Waals surface area (Å²) < 4.78 is 0. The number of carbonyl (C=O) groups excluding carboxylic acids is 2. The van der Waals surface area contributed by atoms with Crippen molar-refractivity contribution in [3.8, 4) is 0 Å². The van der Waals surface area contributed by atoms with Gasteiger partial charge >= 0.3 is 0 Å². The summed E-state index contributed by atoms with van der Waals surface area (Å²) in [6.07, 6.45) is 0. The van der Waals surface area contributed by atoms with Crippen molar-refractivity contribution in [3.05, 3.63) is 97.9 Å². The number of anilines is 1. The number of hydrogen-bond acceptors (Lipinski definition) is 3. The molecule has 5 nitrogen and oxygen atoms in total. The SMILES string of the molecule is CC1=NN(C(=O)c2ccc(Cl)cc2Cl)C(c2ccccc2)C1C(=O)Nc1ccc(Cl)c(Cl)c1. The van der Waals surface area contributed by atoms with Crippen molar-refractivity contribution in [1.29, 1.82) is 0 Å². The highest BCUT2D eigenvalue weighted by Gasteiger charge is 2.44. The molecule has 0 radical (unpaired) electrons. The van der Waals surface area contributed by atoms with Crippen molar-refractivity contribution in [3.63, 3.8) is 0 Å². The number of benzene rings is 3. The summed E-state index contributed by atoms with van der Waals surface area (Å²) >= 11 is 24.3. The molecule has 0 aliphatic carbocycles. The molecule has 1 aliphatic rings. The Balaban J connectivity index is 1.71. The van der Waals surface area contributed by atoms with Crippen molar-refractivity contribution in [1.82, 2.24) is 5.01 Å². The lowest BCUT2D eigenvalue weighted by atomic mass is 9.89. The fourth-order valence-electron chi connectivity index (χ4n) is 3.73. The Morgan fingerprint density at radius 3 is 2.27 bits per heavy atom. The maximum atomic E-state index is 13.4. The summed E-state index contributed by atoms with van der Waals surface area (Å²) in [5.41, 5.74) is 1.97. The Bertz CT molecular complexity index is 1260. The zero-order chi connectivity index (χ0) is 23.7. The van der Waals surface area contributed by atoms with Gasteiger partial charge in [0.05, 0.1) is 32.4 Å². The quantitative estimate of drug-likeness (QED) is 0.397. The second-order valence-corrected chi connectivity index (χ2v) is 9.12. The van der Waals surface area contributed by atoms with E-state index in [4.69, 9.17) is 46.4 Å². The van der Waals surface area contributed by atoms with Crippen LogP contribution in [0, 0.1) is 5.92 Å². The maximum Gasteiger partial charge on any atom is 0.276 e. The Morgan fingerprint density at radius 1 is 0.879 bits per heavy atom. The third kappa shape index (κ3) is 4.87. The average molecular weight is 521 g/mol. The third-order valence-electron chi connectivity index (χ3n) is 5.28. The first kappa shape index (κ1) is 23.6. The molecule has 0 spiro atoms. The second kappa shape index (κ2) is 9.74. The molecule has 2 unspecified atom stereocenters. The van der Waals surface area contributed by atoms with Gasteiger partial charge in [-0.05, 0) is 48.9 Å². The van der Waals surface area contributed by atoms with E-state index in [0.717, 1.165) is 5.56 Å².